The van der Waals surface area contributed by atoms with E-state index in [1.807, 2.05) is 0 Å². The molecule has 0 radical (unpaired) electrons. The van der Waals surface area contributed by atoms with Crippen LogP contribution in [0.3, 0.4) is 0 Å². The Bertz CT molecular complexity index is 694. The zero-order valence-electron chi connectivity index (χ0n) is 12.4. The summed E-state index contributed by atoms with van der Waals surface area (Å²) in [5, 5.41) is 4.23. The van der Waals surface area contributed by atoms with Crippen molar-refractivity contribution in [2.75, 3.05) is 26.2 Å². The molecule has 0 bridgehead atoms. The normalized spacial score (nSPS) is 19.1. The fourth-order valence-electron chi connectivity index (χ4n) is 2.70. The van der Waals surface area contributed by atoms with E-state index in [4.69, 9.17) is 0 Å². The Morgan fingerprint density at radius 3 is 2.59 bits per heavy atom. The third-order valence-corrected chi connectivity index (χ3v) is 6.70. The Labute approximate surface area is 135 Å². The lowest BCUT2D eigenvalue weighted by Crippen LogP contribution is -2.49. The summed E-state index contributed by atoms with van der Waals surface area (Å²) in [4.78, 5) is 6.51. The van der Waals surface area contributed by atoms with Gasteiger partial charge in [0.25, 0.3) is 0 Å². The summed E-state index contributed by atoms with van der Waals surface area (Å²) in [5.41, 5.74) is 1.30. The van der Waals surface area contributed by atoms with Crippen LogP contribution in [-0.4, -0.2) is 48.8 Å². The van der Waals surface area contributed by atoms with Crippen molar-refractivity contribution >= 4 is 21.4 Å². The maximum atomic E-state index is 12.6. The van der Waals surface area contributed by atoms with Crippen LogP contribution < -0.4 is 0 Å². The second-order valence-electron chi connectivity index (χ2n) is 5.36. The molecule has 0 aliphatic carbocycles. The van der Waals surface area contributed by atoms with E-state index in [-0.39, 0.29) is 4.90 Å². The van der Waals surface area contributed by atoms with Crippen molar-refractivity contribution in [1.29, 1.82) is 0 Å². The molecule has 1 atom stereocenters. The topological polar surface area (TPSA) is 53.5 Å². The minimum atomic E-state index is -3.42. The Morgan fingerprint density at radius 1 is 1.23 bits per heavy atom. The first-order valence-electron chi connectivity index (χ1n) is 7.25. The summed E-state index contributed by atoms with van der Waals surface area (Å²) < 4.78 is 26.7. The maximum Gasteiger partial charge on any atom is 0.244 e. The van der Waals surface area contributed by atoms with E-state index in [0.717, 1.165) is 13.1 Å². The summed E-state index contributed by atoms with van der Waals surface area (Å²) in [6.07, 6.45) is 3.00. The zero-order valence-corrected chi connectivity index (χ0v) is 14.1. The predicted octanol–water partition coefficient (Wildman–Crippen LogP) is 2.21. The quantitative estimate of drug-likeness (QED) is 0.858. The van der Waals surface area contributed by atoms with Gasteiger partial charge in [0, 0.05) is 44.6 Å². The van der Waals surface area contributed by atoms with E-state index < -0.39 is 10.0 Å². The van der Waals surface area contributed by atoms with Crippen LogP contribution in [0.15, 0.2) is 46.2 Å². The minimum Gasteiger partial charge on any atom is -0.294 e. The molecule has 0 saturated carbocycles. The van der Waals surface area contributed by atoms with E-state index in [9.17, 15) is 8.42 Å². The predicted molar refractivity (Wildman–Crippen MR) is 87.3 cm³/mol. The van der Waals surface area contributed by atoms with Crippen molar-refractivity contribution in [2.24, 2.45) is 0 Å². The standard InChI is InChI=1S/C15H19N3O2S2/c1-13(14-4-10-21-12-14)17-6-8-18(9-7-17)22(19,20)15-3-2-5-16-11-15/h2-5,10-13H,6-9H2,1H3. The third-order valence-electron chi connectivity index (χ3n) is 4.12. The Balaban J connectivity index is 1.67. The van der Waals surface area contributed by atoms with E-state index >= 15 is 0 Å². The van der Waals surface area contributed by atoms with Crippen molar-refractivity contribution in [2.45, 2.75) is 17.9 Å². The molecule has 1 fully saturated rings. The largest absolute Gasteiger partial charge is 0.294 e. The van der Waals surface area contributed by atoms with Gasteiger partial charge in [0.1, 0.15) is 4.90 Å². The van der Waals surface area contributed by atoms with Crippen LogP contribution >= 0.6 is 11.3 Å². The van der Waals surface area contributed by atoms with Crippen LogP contribution in [-0.2, 0) is 10.0 Å². The number of aromatic nitrogens is 1. The van der Waals surface area contributed by atoms with Crippen LogP contribution in [0.5, 0.6) is 0 Å². The van der Waals surface area contributed by atoms with Crippen molar-refractivity contribution in [1.82, 2.24) is 14.2 Å². The van der Waals surface area contributed by atoms with Crippen molar-refractivity contribution in [3.63, 3.8) is 0 Å². The van der Waals surface area contributed by atoms with Crippen LogP contribution in [0.25, 0.3) is 0 Å². The SMILES string of the molecule is CC(c1ccsc1)N1CCN(S(=O)(=O)c2cccnc2)CC1. The highest BCUT2D eigenvalue weighted by molar-refractivity contribution is 7.89. The molecule has 0 N–H and O–H groups in total. The van der Waals surface area contributed by atoms with E-state index in [1.54, 1.807) is 34.0 Å². The van der Waals surface area contributed by atoms with Gasteiger partial charge in [0.05, 0.1) is 0 Å². The number of pyridine rings is 1. The number of rotatable bonds is 4. The van der Waals surface area contributed by atoms with Gasteiger partial charge in [-0.2, -0.15) is 15.6 Å². The van der Waals surface area contributed by atoms with Gasteiger partial charge < -0.3 is 0 Å². The second-order valence-corrected chi connectivity index (χ2v) is 8.08. The lowest BCUT2D eigenvalue weighted by atomic mass is 10.1. The first kappa shape index (κ1) is 15.6. The summed E-state index contributed by atoms with van der Waals surface area (Å²) in [7, 11) is -3.42. The van der Waals surface area contributed by atoms with Gasteiger partial charge in [-0.15, -0.1) is 0 Å². The number of hydrogen-bond donors (Lipinski definition) is 0. The molecule has 5 nitrogen and oxygen atoms in total. The van der Waals surface area contributed by atoms with Gasteiger partial charge >= 0.3 is 0 Å². The highest BCUT2D eigenvalue weighted by Crippen LogP contribution is 2.25. The number of nitrogens with zero attached hydrogens (tertiary/aromatic N) is 3. The third kappa shape index (κ3) is 3.08. The monoisotopic (exact) mass is 337 g/mol. The van der Waals surface area contributed by atoms with Crippen LogP contribution in [0, 0.1) is 0 Å². The summed E-state index contributed by atoms with van der Waals surface area (Å²) in [6, 6.07) is 5.72. The van der Waals surface area contributed by atoms with Gasteiger partial charge in [0.15, 0.2) is 0 Å². The molecule has 1 unspecified atom stereocenters. The average Bonchev–Trinajstić information content (AvgIpc) is 3.09. The fraction of sp³-hybridized carbons (Fsp3) is 0.400. The molecule has 3 rings (SSSR count). The molecule has 0 spiro atoms. The molecule has 7 heteroatoms. The fourth-order valence-corrected chi connectivity index (χ4v) is 4.84. The highest BCUT2D eigenvalue weighted by atomic mass is 32.2. The molecule has 2 aromatic rings. The smallest absolute Gasteiger partial charge is 0.244 e. The molecule has 0 amide bonds. The summed E-state index contributed by atoms with van der Waals surface area (Å²) >= 11 is 1.69. The molecular weight excluding hydrogens is 318 g/mol. The number of piperazine rings is 1. The molecule has 0 aromatic carbocycles. The Hall–Kier alpha value is -1.28. The number of sulfonamides is 1. The summed E-state index contributed by atoms with van der Waals surface area (Å²) in [6.45, 7) is 4.71. The molecule has 118 valence electrons. The van der Waals surface area contributed by atoms with Crippen LogP contribution in [0.2, 0.25) is 0 Å². The van der Waals surface area contributed by atoms with Crippen molar-refractivity contribution in [3.8, 4) is 0 Å². The zero-order chi connectivity index (χ0) is 15.6. The first-order valence-corrected chi connectivity index (χ1v) is 9.63. The van der Waals surface area contributed by atoms with E-state index in [2.05, 4.69) is 33.6 Å². The first-order chi connectivity index (χ1) is 10.6. The lowest BCUT2D eigenvalue weighted by molar-refractivity contribution is 0.146. The van der Waals surface area contributed by atoms with Gasteiger partial charge in [-0.3, -0.25) is 9.88 Å². The van der Waals surface area contributed by atoms with E-state index in [1.165, 1.54) is 11.8 Å². The number of thiophene rings is 1. The molecule has 1 saturated heterocycles. The molecule has 22 heavy (non-hydrogen) atoms. The Kier molecular flexibility index (Phi) is 4.58. The van der Waals surface area contributed by atoms with Crippen LogP contribution in [0.1, 0.15) is 18.5 Å². The summed E-state index contributed by atoms with van der Waals surface area (Å²) in [5.74, 6) is 0. The van der Waals surface area contributed by atoms with Gasteiger partial charge in [-0.05, 0) is 41.4 Å². The maximum absolute atomic E-state index is 12.6. The van der Waals surface area contributed by atoms with Crippen molar-refractivity contribution < 1.29 is 8.42 Å². The van der Waals surface area contributed by atoms with Gasteiger partial charge in [-0.25, -0.2) is 8.42 Å². The van der Waals surface area contributed by atoms with Crippen LogP contribution in [0.4, 0.5) is 0 Å². The molecule has 1 aliphatic heterocycles. The minimum absolute atomic E-state index is 0.273. The second kappa shape index (κ2) is 6.45. The van der Waals surface area contributed by atoms with E-state index in [0.29, 0.717) is 19.1 Å². The average molecular weight is 337 g/mol. The highest BCUT2D eigenvalue weighted by Gasteiger charge is 2.30. The van der Waals surface area contributed by atoms with Gasteiger partial charge in [-0.1, -0.05) is 0 Å². The lowest BCUT2D eigenvalue weighted by Gasteiger charge is -2.37. The molecule has 3 heterocycles. The molecular formula is C15H19N3O2S2. The molecule has 2 aromatic heterocycles. The van der Waals surface area contributed by atoms with Gasteiger partial charge in [0.2, 0.25) is 10.0 Å². The number of hydrogen-bond acceptors (Lipinski definition) is 5. The molecule has 1 aliphatic rings. The van der Waals surface area contributed by atoms with Crippen molar-refractivity contribution in [3.05, 3.63) is 46.9 Å². The Morgan fingerprint density at radius 2 is 2.00 bits per heavy atom.